The van der Waals surface area contributed by atoms with Gasteiger partial charge in [0.25, 0.3) is 0 Å². The van der Waals surface area contributed by atoms with Gasteiger partial charge in [-0.15, -0.1) is 0 Å². The summed E-state index contributed by atoms with van der Waals surface area (Å²) in [7, 11) is 0. The summed E-state index contributed by atoms with van der Waals surface area (Å²) in [5.41, 5.74) is -0.0848. The minimum atomic E-state index is -0.626. The first kappa shape index (κ1) is 25.8. The highest BCUT2D eigenvalue weighted by atomic mass is 16.3. The van der Waals surface area contributed by atoms with Crippen LogP contribution in [0.2, 0.25) is 0 Å². The number of carbonyl (C=O) groups excluding carboxylic acids is 2. The zero-order chi connectivity index (χ0) is 27.5. The number of carbonyl (C=O) groups is 2. The molecule has 202 valence electrons. The predicted molar refractivity (Wildman–Crippen MR) is 146 cm³/mol. The third kappa shape index (κ3) is 2.96. The van der Waals surface area contributed by atoms with E-state index in [0.717, 1.165) is 50.8 Å². The Bertz CT molecular complexity index is 1330. The van der Waals surface area contributed by atoms with Crippen molar-refractivity contribution >= 4 is 11.6 Å². The van der Waals surface area contributed by atoms with Crippen LogP contribution in [0, 0.1) is 51.4 Å². The van der Waals surface area contributed by atoms with Crippen molar-refractivity contribution in [2.75, 3.05) is 0 Å². The summed E-state index contributed by atoms with van der Waals surface area (Å²) in [5, 5.41) is 0. The van der Waals surface area contributed by atoms with Gasteiger partial charge in [0, 0.05) is 22.2 Å². The standard InChI is InChI=1S/C33H42N2O3/c1-28(2)23-9-10-32(6)24(31(23,5)19-21(34-8)26(28)37)17-22(36)25-20-18-30(4,27-35-15-16-38-27)12-11-29(20,3)13-14-33(25,32)7/h15-17,19-20,23,25H,9-14,18H2,1-7H3/t20-,23-,25-,29+,30-,31-,32+,33+/m0/s1. The second-order valence-electron chi connectivity index (χ2n) is 15.1. The molecule has 5 aliphatic rings. The highest BCUT2D eigenvalue weighted by Crippen LogP contribution is 2.74. The number of hydrogen-bond acceptors (Lipinski definition) is 4. The van der Waals surface area contributed by atoms with Crippen LogP contribution in [0.25, 0.3) is 4.85 Å². The topological polar surface area (TPSA) is 64.5 Å². The van der Waals surface area contributed by atoms with Gasteiger partial charge in [-0.25, -0.2) is 9.83 Å². The summed E-state index contributed by atoms with van der Waals surface area (Å²) in [5.74, 6) is 1.30. The summed E-state index contributed by atoms with van der Waals surface area (Å²) >= 11 is 0. The van der Waals surface area contributed by atoms with Crippen molar-refractivity contribution in [2.45, 2.75) is 98.8 Å². The predicted octanol–water partition coefficient (Wildman–Crippen LogP) is 7.50. The maximum atomic E-state index is 14.5. The lowest BCUT2D eigenvalue weighted by atomic mass is 9.34. The zero-order valence-electron chi connectivity index (χ0n) is 24.1. The van der Waals surface area contributed by atoms with Crippen LogP contribution in [0.1, 0.15) is 99.3 Å². The van der Waals surface area contributed by atoms with Crippen LogP contribution in [0.5, 0.6) is 0 Å². The summed E-state index contributed by atoms with van der Waals surface area (Å²) < 4.78 is 5.84. The summed E-state index contributed by atoms with van der Waals surface area (Å²) in [6, 6.07) is 0. The van der Waals surface area contributed by atoms with E-state index in [1.54, 1.807) is 12.5 Å². The molecule has 6 rings (SSSR count). The molecule has 0 radical (unpaired) electrons. The Morgan fingerprint density at radius 3 is 2.37 bits per heavy atom. The van der Waals surface area contributed by atoms with Gasteiger partial charge in [-0.2, -0.15) is 0 Å². The van der Waals surface area contributed by atoms with Gasteiger partial charge in [0.2, 0.25) is 5.70 Å². The van der Waals surface area contributed by atoms with Gasteiger partial charge in [-0.3, -0.25) is 4.79 Å². The van der Waals surface area contributed by atoms with Gasteiger partial charge in [0.05, 0.1) is 12.8 Å². The molecule has 3 saturated carbocycles. The molecule has 38 heavy (non-hydrogen) atoms. The molecule has 1 aromatic rings. The van der Waals surface area contributed by atoms with Crippen molar-refractivity contribution in [3.05, 3.63) is 53.2 Å². The summed E-state index contributed by atoms with van der Waals surface area (Å²) in [6.07, 6.45) is 14.4. The molecule has 0 spiro atoms. The van der Waals surface area contributed by atoms with Gasteiger partial charge < -0.3 is 9.21 Å². The van der Waals surface area contributed by atoms with Crippen LogP contribution in [0.15, 0.2) is 40.3 Å². The number of fused-ring (bicyclic) bond motifs is 7. The monoisotopic (exact) mass is 514 g/mol. The van der Waals surface area contributed by atoms with E-state index in [0.29, 0.717) is 0 Å². The van der Waals surface area contributed by atoms with Crippen molar-refractivity contribution in [1.82, 2.24) is 4.98 Å². The minimum absolute atomic E-state index is 0.0488. The Balaban J connectivity index is 1.49. The third-order valence-corrected chi connectivity index (χ3v) is 13.0. The number of rotatable bonds is 1. The summed E-state index contributed by atoms with van der Waals surface area (Å²) in [4.78, 5) is 35.9. The van der Waals surface area contributed by atoms with E-state index in [9.17, 15) is 9.59 Å². The molecule has 5 aliphatic carbocycles. The fourth-order valence-electron chi connectivity index (χ4n) is 10.4. The average Bonchev–Trinajstić information content (AvgIpc) is 3.40. The van der Waals surface area contributed by atoms with Gasteiger partial charge >= 0.3 is 0 Å². The first-order chi connectivity index (χ1) is 17.7. The Morgan fingerprint density at radius 2 is 1.71 bits per heavy atom. The van der Waals surface area contributed by atoms with Crippen LogP contribution in [0.3, 0.4) is 0 Å². The number of oxazole rings is 1. The van der Waals surface area contributed by atoms with Crippen molar-refractivity contribution in [2.24, 2.45) is 44.8 Å². The third-order valence-electron chi connectivity index (χ3n) is 13.0. The molecule has 3 fully saturated rings. The lowest BCUT2D eigenvalue weighted by molar-refractivity contribution is -0.166. The second-order valence-corrected chi connectivity index (χ2v) is 15.1. The Kier molecular flexibility index (Phi) is 5.14. The lowest BCUT2D eigenvalue weighted by Gasteiger charge is -2.69. The SMILES string of the molecule is [C-]#[N+]C1=C[C@]2(C)C3=CC(=O)[C@@H]4[C@@H]5C[C@@](C)(c6ncco6)CC[C@]5(C)CC[C@@]4(C)[C@]3(C)CC[C@H]2C(C)(C)C1=O. The van der Waals surface area contributed by atoms with E-state index in [-0.39, 0.29) is 56.7 Å². The molecule has 5 heteroatoms. The maximum Gasteiger partial charge on any atom is 0.226 e. The number of Topliss-reactive ketones (excluding diaryl/α,β-unsaturated/α-hetero) is 1. The van der Waals surface area contributed by atoms with Crippen LogP contribution in [-0.2, 0) is 15.0 Å². The quantitative estimate of drug-likeness (QED) is 0.364. The molecule has 0 aromatic carbocycles. The van der Waals surface area contributed by atoms with Crippen LogP contribution in [0.4, 0.5) is 0 Å². The van der Waals surface area contributed by atoms with Gasteiger partial charge in [-0.1, -0.05) is 60.1 Å². The van der Waals surface area contributed by atoms with E-state index in [4.69, 9.17) is 11.0 Å². The molecule has 8 atom stereocenters. The van der Waals surface area contributed by atoms with Crippen molar-refractivity contribution < 1.29 is 14.0 Å². The maximum absolute atomic E-state index is 14.5. The fraction of sp³-hybridized carbons (Fsp3) is 0.697. The molecule has 0 amide bonds. The zero-order valence-corrected chi connectivity index (χ0v) is 24.1. The number of aromatic nitrogens is 1. The first-order valence-electron chi connectivity index (χ1n) is 14.5. The van der Waals surface area contributed by atoms with Gasteiger partial charge in [-0.05, 0) is 79.1 Å². The Labute approximate surface area is 227 Å². The average molecular weight is 515 g/mol. The highest BCUT2D eigenvalue weighted by Gasteiger charge is 2.69. The summed E-state index contributed by atoms with van der Waals surface area (Å²) in [6.45, 7) is 23.4. The van der Waals surface area contributed by atoms with Crippen LogP contribution >= 0.6 is 0 Å². The highest BCUT2D eigenvalue weighted by molar-refractivity contribution is 6.03. The van der Waals surface area contributed by atoms with Gasteiger partial charge in [0.15, 0.2) is 17.5 Å². The normalized spacial score (nSPS) is 47.5. The molecular weight excluding hydrogens is 472 g/mol. The van der Waals surface area contributed by atoms with E-state index in [2.05, 4.69) is 44.4 Å². The van der Waals surface area contributed by atoms with Crippen molar-refractivity contribution in [3.63, 3.8) is 0 Å². The molecule has 0 N–H and O–H groups in total. The minimum Gasteiger partial charge on any atom is -0.448 e. The molecule has 0 aliphatic heterocycles. The number of hydrogen-bond donors (Lipinski definition) is 0. The Morgan fingerprint density at radius 1 is 1.00 bits per heavy atom. The molecular formula is C33H42N2O3. The van der Waals surface area contributed by atoms with E-state index < -0.39 is 10.8 Å². The second kappa shape index (κ2) is 7.58. The smallest absolute Gasteiger partial charge is 0.226 e. The largest absolute Gasteiger partial charge is 0.448 e. The van der Waals surface area contributed by atoms with Crippen LogP contribution < -0.4 is 0 Å². The molecule has 0 saturated heterocycles. The molecule has 1 heterocycles. The van der Waals surface area contributed by atoms with Crippen molar-refractivity contribution in [1.29, 1.82) is 0 Å². The molecule has 0 unspecified atom stereocenters. The number of ketones is 2. The van der Waals surface area contributed by atoms with E-state index in [1.807, 2.05) is 26.0 Å². The number of nitrogens with zero attached hydrogens (tertiary/aromatic N) is 2. The fourth-order valence-corrected chi connectivity index (χ4v) is 10.4. The lowest BCUT2D eigenvalue weighted by Crippen LogP contribution is -2.64. The van der Waals surface area contributed by atoms with E-state index >= 15 is 0 Å². The van der Waals surface area contributed by atoms with Gasteiger partial charge in [0.1, 0.15) is 6.26 Å². The van der Waals surface area contributed by atoms with Crippen molar-refractivity contribution in [3.8, 4) is 0 Å². The van der Waals surface area contributed by atoms with Crippen LogP contribution in [-0.4, -0.2) is 16.6 Å². The first-order valence-corrected chi connectivity index (χ1v) is 14.5. The number of allylic oxidation sites excluding steroid dienone is 4. The molecule has 1 aromatic heterocycles. The Hall–Kier alpha value is -2.48. The molecule has 0 bridgehead atoms. The molecule has 5 nitrogen and oxygen atoms in total. The van der Waals surface area contributed by atoms with E-state index in [1.165, 1.54) is 5.57 Å².